The molecule has 94 valence electrons. The molecule has 0 spiro atoms. The number of amides is 1. The van der Waals surface area contributed by atoms with Gasteiger partial charge in [-0.15, -0.1) is 0 Å². The topological polar surface area (TPSA) is 93.5 Å². The highest BCUT2D eigenvalue weighted by Gasteiger charge is 2.14. The molecule has 1 aliphatic rings. The summed E-state index contributed by atoms with van der Waals surface area (Å²) in [7, 11) is 0. The van der Waals surface area contributed by atoms with Crippen LogP contribution in [0.4, 0.5) is 0 Å². The minimum Gasteiger partial charge on any atom is -0.354 e. The lowest BCUT2D eigenvalue weighted by molar-refractivity contribution is 0.0954. The first-order valence-electron chi connectivity index (χ1n) is 5.08. The minimum atomic E-state index is -0.172. The summed E-state index contributed by atoms with van der Waals surface area (Å²) in [5, 5.41) is 9.95. The Morgan fingerprint density at radius 3 is 2.83 bits per heavy atom. The van der Waals surface area contributed by atoms with Gasteiger partial charge in [-0.3, -0.25) is 10.2 Å². The Labute approximate surface area is 120 Å². The fraction of sp³-hybridized carbons (Fsp3) is 0.200. The van der Waals surface area contributed by atoms with Crippen molar-refractivity contribution in [3.05, 3.63) is 20.8 Å². The molecule has 1 aliphatic heterocycles. The summed E-state index contributed by atoms with van der Waals surface area (Å²) in [5.41, 5.74) is 1.24. The summed E-state index contributed by atoms with van der Waals surface area (Å²) in [6.07, 6.45) is 3.71. The molecule has 18 heavy (non-hydrogen) atoms. The molecule has 2 heterocycles. The lowest BCUT2D eigenvalue weighted by Gasteiger charge is -2.03. The van der Waals surface area contributed by atoms with Gasteiger partial charge in [0.25, 0.3) is 5.91 Å². The zero-order valence-electron chi connectivity index (χ0n) is 9.13. The van der Waals surface area contributed by atoms with Crippen molar-refractivity contribution in [1.29, 1.82) is 5.41 Å². The maximum atomic E-state index is 11.8. The Bertz CT molecular complexity index is 561. The molecule has 8 heteroatoms. The molecular formula is C10H9Br2N5O. The van der Waals surface area contributed by atoms with E-state index >= 15 is 0 Å². The number of aromatic nitrogens is 1. The van der Waals surface area contributed by atoms with Gasteiger partial charge in [0.15, 0.2) is 0 Å². The Morgan fingerprint density at radius 2 is 2.28 bits per heavy atom. The summed E-state index contributed by atoms with van der Waals surface area (Å²) in [6.45, 7) is 0.451. The Morgan fingerprint density at radius 1 is 1.50 bits per heavy atom. The number of nitrogens with zero attached hydrogens (tertiary/aromatic N) is 2. The zero-order chi connectivity index (χ0) is 13.1. The smallest absolute Gasteiger partial charge is 0.254 e. The molecule has 3 N–H and O–H groups in total. The van der Waals surface area contributed by atoms with Gasteiger partial charge in [0.05, 0.1) is 26.6 Å². The maximum Gasteiger partial charge on any atom is 0.254 e. The second-order valence-corrected chi connectivity index (χ2v) is 5.11. The average molecular weight is 375 g/mol. The van der Waals surface area contributed by atoms with Gasteiger partial charge in [-0.25, -0.2) is 9.98 Å². The number of rotatable bonds is 4. The fourth-order valence-electron chi connectivity index (χ4n) is 1.39. The summed E-state index contributed by atoms with van der Waals surface area (Å²) in [5.74, 6) is -0.164. The second-order valence-electron chi connectivity index (χ2n) is 3.52. The molecule has 0 bridgehead atoms. The third-order valence-corrected chi connectivity index (χ3v) is 4.25. The monoisotopic (exact) mass is 373 g/mol. The van der Waals surface area contributed by atoms with Crippen LogP contribution in [-0.4, -0.2) is 35.3 Å². The molecule has 6 nitrogen and oxygen atoms in total. The van der Waals surface area contributed by atoms with E-state index in [2.05, 4.69) is 52.1 Å². The van der Waals surface area contributed by atoms with Crippen molar-refractivity contribution < 1.29 is 4.79 Å². The van der Waals surface area contributed by atoms with E-state index in [1.54, 1.807) is 6.20 Å². The first kappa shape index (κ1) is 13.2. The van der Waals surface area contributed by atoms with E-state index in [9.17, 15) is 4.79 Å². The van der Waals surface area contributed by atoms with Crippen LogP contribution < -0.4 is 5.32 Å². The number of nitrogens with one attached hydrogen (secondary N) is 3. The molecule has 0 unspecified atom stereocenters. The number of aromatic amines is 1. The van der Waals surface area contributed by atoms with Crippen molar-refractivity contribution in [3.63, 3.8) is 0 Å². The second kappa shape index (κ2) is 5.57. The first-order valence-corrected chi connectivity index (χ1v) is 6.67. The van der Waals surface area contributed by atoms with Gasteiger partial charge in [-0.05, 0) is 31.9 Å². The Balaban J connectivity index is 1.86. The van der Waals surface area contributed by atoms with Crippen molar-refractivity contribution >= 4 is 55.7 Å². The molecule has 0 aromatic carbocycles. The van der Waals surface area contributed by atoms with Gasteiger partial charge in [-0.2, -0.15) is 0 Å². The van der Waals surface area contributed by atoms with E-state index in [-0.39, 0.29) is 11.9 Å². The molecule has 0 saturated carbocycles. The number of guanidine groups is 1. The number of carbonyl (C=O) groups excluding carboxylic acids is 1. The van der Waals surface area contributed by atoms with Gasteiger partial charge >= 0.3 is 0 Å². The number of hydrogen-bond donors (Lipinski definition) is 3. The van der Waals surface area contributed by atoms with Crippen LogP contribution in [0.1, 0.15) is 16.8 Å². The van der Waals surface area contributed by atoms with Crippen molar-refractivity contribution in [1.82, 2.24) is 10.3 Å². The molecular weight excluding hydrogens is 366 g/mol. The third-order valence-electron chi connectivity index (χ3n) is 2.27. The lowest BCUT2D eigenvalue weighted by atomic mass is 10.2. The van der Waals surface area contributed by atoms with E-state index in [4.69, 9.17) is 5.41 Å². The summed E-state index contributed by atoms with van der Waals surface area (Å²) in [4.78, 5) is 22.3. The van der Waals surface area contributed by atoms with Crippen LogP contribution in [0, 0.1) is 5.41 Å². The molecule has 0 saturated heterocycles. The van der Waals surface area contributed by atoms with Crippen molar-refractivity contribution in [2.24, 2.45) is 9.98 Å². The molecule has 0 radical (unpaired) electrons. The Kier molecular flexibility index (Phi) is 4.07. The highest BCUT2D eigenvalue weighted by atomic mass is 79.9. The average Bonchev–Trinajstić information content (AvgIpc) is 2.87. The van der Waals surface area contributed by atoms with Gasteiger partial charge in [0.1, 0.15) is 0 Å². The number of aliphatic imine (C=N–C) groups is 2. The Hall–Kier alpha value is -1.28. The molecule has 1 amide bonds. The summed E-state index contributed by atoms with van der Waals surface area (Å²) in [6, 6.07) is 0. The molecule has 2 rings (SSSR count). The van der Waals surface area contributed by atoms with Gasteiger partial charge in [0, 0.05) is 19.2 Å². The predicted octanol–water partition coefficient (Wildman–Crippen LogP) is 2.12. The van der Waals surface area contributed by atoms with Crippen molar-refractivity contribution in [3.8, 4) is 0 Å². The van der Waals surface area contributed by atoms with Crippen LogP contribution in [0.25, 0.3) is 0 Å². The van der Waals surface area contributed by atoms with Crippen LogP contribution in [0.3, 0.4) is 0 Å². The number of carbonyl (C=O) groups is 1. The number of H-pyrrole nitrogens is 1. The highest BCUT2D eigenvalue weighted by Crippen LogP contribution is 2.25. The molecule has 0 fully saturated rings. The highest BCUT2D eigenvalue weighted by molar-refractivity contribution is 9.13. The molecule has 0 aliphatic carbocycles. The molecule has 1 aromatic rings. The summed E-state index contributed by atoms with van der Waals surface area (Å²) >= 11 is 6.58. The quantitative estimate of drug-likeness (QED) is 0.739. The maximum absolute atomic E-state index is 11.8. The predicted molar refractivity (Wildman–Crippen MR) is 76.8 cm³/mol. The van der Waals surface area contributed by atoms with Crippen LogP contribution >= 0.6 is 31.9 Å². The lowest BCUT2D eigenvalue weighted by Crippen LogP contribution is -2.26. The first-order chi connectivity index (χ1) is 8.58. The zero-order valence-corrected chi connectivity index (χ0v) is 12.3. The normalized spacial score (nSPS) is 13.9. The van der Waals surface area contributed by atoms with Crippen LogP contribution in [0.2, 0.25) is 0 Å². The minimum absolute atomic E-state index is 0.00800. The van der Waals surface area contributed by atoms with Crippen LogP contribution in [0.15, 0.2) is 25.3 Å². The van der Waals surface area contributed by atoms with Crippen LogP contribution in [-0.2, 0) is 0 Å². The number of halogens is 2. The van der Waals surface area contributed by atoms with Crippen molar-refractivity contribution in [2.45, 2.75) is 6.42 Å². The van der Waals surface area contributed by atoms with E-state index in [0.29, 0.717) is 28.7 Å². The summed E-state index contributed by atoms with van der Waals surface area (Å²) < 4.78 is 1.43. The van der Waals surface area contributed by atoms with E-state index in [0.717, 1.165) is 4.60 Å². The van der Waals surface area contributed by atoms with Crippen molar-refractivity contribution in [2.75, 3.05) is 6.54 Å². The fourth-order valence-corrected chi connectivity index (χ4v) is 2.13. The number of hydrogen-bond acceptors (Lipinski definition) is 2. The van der Waals surface area contributed by atoms with Gasteiger partial charge < -0.3 is 10.3 Å². The van der Waals surface area contributed by atoms with E-state index in [1.165, 1.54) is 6.21 Å². The molecule has 1 aromatic heterocycles. The molecule has 0 atom stereocenters. The van der Waals surface area contributed by atoms with Gasteiger partial charge in [0.2, 0.25) is 5.96 Å². The third kappa shape index (κ3) is 2.94. The van der Waals surface area contributed by atoms with E-state index < -0.39 is 0 Å². The van der Waals surface area contributed by atoms with Crippen LogP contribution in [0.5, 0.6) is 0 Å². The standard InChI is InChI=1S/C10H9Br2N5O/c11-7-6(4-15-8(7)12)9(18)14-2-1-5-3-16-10(13)17-5/h3-4,13,15H,1-2H2,(H,14,18). The largest absolute Gasteiger partial charge is 0.354 e. The SMILES string of the molecule is N=C1N=CC(CCNC(=O)c2c[nH]c(Br)c2Br)=N1. The van der Waals surface area contributed by atoms with E-state index in [1.807, 2.05) is 0 Å². The van der Waals surface area contributed by atoms with Gasteiger partial charge in [-0.1, -0.05) is 0 Å².